The lowest BCUT2D eigenvalue weighted by atomic mass is 10.1. The first kappa shape index (κ1) is 10.2. The van der Waals surface area contributed by atoms with E-state index in [-0.39, 0.29) is 10.9 Å². The summed E-state index contributed by atoms with van der Waals surface area (Å²) >= 11 is 0. The molecule has 0 aromatic carbocycles. The predicted octanol–water partition coefficient (Wildman–Crippen LogP) is -0.608. The van der Waals surface area contributed by atoms with Crippen molar-refractivity contribution in [1.82, 2.24) is 19.8 Å². The van der Waals surface area contributed by atoms with Crippen LogP contribution in [0.4, 0.5) is 0 Å². The normalized spacial score (nSPS) is 30.8. The van der Waals surface area contributed by atoms with Crippen molar-refractivity contribution >= 4 is 10.0 Å². The minimum atomic E-state index is -3.35. The second kappa shape index (κ2) is 3.54. The monoisotopic (exact) mass is 242 g/mol. The predicted molar refractivity (Wildman–Crippen MR) is 57.2 cm³/mol. The van der Waals surface area contributed by atoms with E-state index in [1.165, 1.54) is 12.4 Å². The van der Waals surface area contributed by atoms with Gasteiger partial charge in [0.25, 0.3) is 0 Å². The van der Waals surface area contributed by atoms with Crippen LogP contribution in [0.3, 0.4) is 0 Å². The summed E-state index contributed by atoms with van der Waals surface area (Å²) in [4.78, 5) is 0.264. The molecule has 2 saturated heterocycles. The molecule has 0 saturated carbocycles. The molecule has 1 aromatic rings. The van der Waals surface area contributed by atoms with Crippen molar-refractivity contribution in [3.05, 3.63) is 12.4 Å². The lowest BCUT2D eigenvalue weighted by Crippen LogP contribution is -2.38. The minimum Gasteiger partial charge on any atom is -0.315 e. The maximum absolute atomic E-state index is 12.3. The van der Waals surface area contributed by atoms with Crippen LogP contribution in [0.15, 0.2) is 17.3 Å². The number of nitrogens with zero attached hydrogens (tertiary/aromatic N) is 2. The highest BCUT2D eigenvalue weighted by molar-refractivity contribution is 7.89. The minimum absolute atomic E-state index is 0.125. The number of hydrogen-bond acceptors (Lipinski definition) is 4. The molecule has 0 aliphatic carbocycles. The number of hydrogen-bond donors (Lipinski definition) is 2. The van der Waals surface area contributed by atoms with Gasteiger partial charge in [0.15, 0.2) is 0 Å². The first-order chi connectivity index (χ1) is 7.69. The summed E-state index contributed by atoms with van der Waals surface area (Å²) in [5, 5.41) is 9.49. The summed E-state index contributed by atoms with van der Waals surface area (Å²) in [6, 6.07) is 0.125. The van der Waals surface area contributed by atoms with Crippen molar-refractivity contribution in [1.29, 1.82) is 0 Å². The topological polar surface area (TPSA) is 78.1 Å². The van der Waals surface area contributed by atoms with Gasteiger partial charge in [0.05, 0.1) is 6.20 Å². The molecular weight excluding hydrogens is 228 g/mol. The maximum Gasteiger partial charge on any atom is 0.246 e. The Hall–Kier alpha value is -0.920. The van der Waals surface area contributed by atoms with Crippen LogP contribution in [-0.2, 0) is 10.0 Å². The van der Waals surface area contributed by atoms with Gasteiger partial charge in [0, 0.05) is 25.3 Å². The van der Waals surface area contributed by atoms with Crippen LogP contribution in [0.5, 0.6) is 0 Å². The average molecular weight is 242 g/mol. The van der Waals surface area contributed by atoms with Crippen LogP contribution in [-0.4, -0.2) is 48.6 Å². The Morgan fingerprint density at radius 1 is 1.44 bits per heavy atom. The Labute approximate surface area is 94.1 Å². The van der Waals surface area contributed by atoms with Crippen LogP contribution in [0.1, 0.15) is 6.42 Å². The molecule has 2 fully saturated rings. The Bertz CT molecular complexity index is 470. The molecule has 7 heteroatoms. The van der Waals surface area contributed by atoms with Gasteiger partial charge in [0.1, 0.15) is 4.90 Å². The fourth-order valence-electron chi connectivity index (χ4n) is 2.62. The Kier molecular flexibility index (Phi) is 2.27. The zero-order valence-electron chi connectivity index (χ0n) is 8.76. The Balaban J connectivity index is 1.93. The lowest BCUT2D eigenvalue weighted by molar-refractivity contribution is 0.383. The molecule has 1 aromatic heterocycles. The number of nitrogens with one attached hydrogen (secondary N) is 2. The quantitative estimate of drug-likeness (QED) is 0.725. The molecule has 2 aliphatic heterocycles. The van der Waals surface area contributed by atoms with Crippen LogP contribution in [0, 0.1) is 5.92 Å². The van der Waals surface area contributed by atoms with Gasteiger partial charge in [0.2, 0.25) is 10.0 Å². The number of rotatable bonds is 2. The average Bonchev–Trinajstić information content (AvgIpc) is 2.95. The fraction of sp³-hybridized carbons (Fsp3) is 0.667. The molecule has 2 atom stereocenters. The second-order valence-electron chi connectivity index (χ2n) is 4.32. The van der Waals surface area contributed by atoms with E-state index in [0.29, 0.717) is 12.5 Å². The number of aromatic nitrogens is 2. The van der Waals surface area contributed by atoms with E-state index >= 15 is 0 Å². The van der Waals surface area contributed by atoms with Crippen molar-refractivity contribution in [3.8, 4) is 0 Å². The highest BCUT2D eigenvalue weighted by Gasteiger charge is 2.43. The van der Waals surface area contributed by atoms with E-state index in [2.05, 4.69) is 15.5 Å². The van der Waals surface area contributed by atoms with Crippen LogP contribution in [0.2, 0.25) is 0 Å². The SMILES string of the molecule is O=S(=O)(c1cn[nH]c1)N1CC[C@H]2CNC[C@H]21. The highest BCUT2D eigenvalue weighted by atomic mass is 32.2. The molecule has 16 heavy (non-hydrogen) atoms. The third-order valence-corrected chi connectivity index (χ3v) is 5.36. The van der Waals surface area contributed by atoms with Crippen LogP contribution < -0.4 is 5.32 Å². The first-order valence-electron chi connectivity index (χ1n) is 5.41. The van der Waals surface area contributed by atoms with E-state index in [4.69, 9.17) is 0 Å². The molecule has 0 spiro atoms. The van der Waals surface area contributed by atoms with Crippen molar-refractivity contribution in [3.63, 3.8) is 0 Å². The molecule has 2 aliphatic rings. The molecule has 0 bridgehead atoms. The molecule has 3 rings (SSSR count). The van der Waals surface area contributed by atoms with E-state index in [1.54, 1.807) is 4.31 Å². The van der Waals surface area contributed by atoms with Crippen LogP contribution >= 0.6 is 0 Å². The largest absolute Gasteiger partial charge is 0.315 e. The van der Waals surface area contributed by atoms with Gasteiger partial charge in [-0.3, -0.25) is 5.10 Å². The smallest absolute Gasteiger partial charge is 0.246 e. The Morgan fingerprint density at radius 2 is 2.31 bits per heavy atom. The van der Waals surface area contributed by atoms with Crippen molar-refractivity contribution in [2.24, 2.45) is 5.92 Å². The van der Waals surface area contributed by atoms with Crippen molar-refractivity contribution < 1.29 is 8.42 Å². The number of fused-ring (bicyclic) bond motifs is 1. The lowest BCUT2D eigenvalue weighted by Gasteiger charge is -2.21. The summed E-state index contributed by atoms with van der Waals surface area (Å²) < 4.78 is 26.2. The molecule has 2 N–H and O–H groups in total. The van der Waals surface area contributed by atoms with Crippen molar-refractivity contribution in [2.75, 3.05) is 19.6 Å². The molecule has 0 radical (unpaired) electrons. The molecule has 88 valence electrons. The van der Waals surface area contributed by atoms with E-state index in [0.717, 1.165) is 19.5 Å². The summed E-state index contributed by atoms with van der Waals surface area (Å²) in [7, 11) is -3.35. The molecule has 6 nitrogen and oxygen atoms in total. The molecular formula is C9H14N4O2S. The third-order valence-electron chi connectivity index (χ3n) is 3.47. The van der Waals surface area contributed by atoms with Gasteiger partial charge >= 0.3 is 0 Å². The van der Waals surface area contributed by atoms with E-state index in [1.807, 2.05) is 0 Å². The molecule has 3 heterocycles. The summed E-state index contributed by atoms with van der Waals surface area (Å²) in [6.45, 7) is 2.33. The van der Waals surface area contributed by atoms with Crippen molar-refractivity contribution in [2.45, 2.75) is 17.4 Å². The van der Waals surface area contributed by atoms with Gasteiger partial charge in [-0.25, -0.2) is 8.42 Å². The maximum atomic E-state index is 12.3. The number of aromatic amines is 1. The summed E-state index contributed by atoms with van der Waals surface area (Å²) in [5.74, 6) is 0.474. The molecule has 0 unspecified atom stereocenters. The van der Waals surface area contributed by atoms with Gasteiger partial charge in [-0.15, -0.1) is 0 Å². The standard InChI is InChI=1S/C9H14N4O2S/c14-16(15,8-4-11-12-5-8)13-2-1-7-3-10-6-9(7)13/h4-5,7,9-10H,1-3,6H2,(H,11,12)/t7-,9+/m0/s1. The molecule has 0 amide bonds. The summed E-state index contributed by atoms with van der Waals surface area (Å²) in [5.41, 5.74) is 0. The summed E-state index contributed by atoms with van der Waals surface area (Å²) in [6.07, 6.45) is 3.75. The second-order valence-corrected chi connectivity index (χ2v) is 6.21. The zero-order chi connectivity index (χ0) is 11.2. The van der Waals surface area contributed by atoms with Gasteiger partial charge < -0.3 is 5.32 Å². The third kappa shape index (κ3) is 1.39. The van der Waals surface area contributed by atoms with Gasteiger partial charge in [-0.1, -0.05) is 0 Å². The Morgan fingerprint density at radius 3 is 3.06 bits per heavy atom. The fourth-order valence-corrected chi connectivity index (χ4v) is 4.23. The van der Waals surface area contributed by atoms with Gasteiger partial charge in [-0.2, -0.15) is 9.40 Å². The first-order valence-corrected chi connectivity index (χ1v) is 6.85. The number of H-pyrrole nitrogens is 1. The van der Waals surface area contributed by atoms with E-state index in [9.17, 15) is 8.42 Å². The van der Waals surface area contributed by atoms with E-state index < -0.39 is 10.0 Å². The highest BCUT2D eigenvalue weighted by Crippen LogP contribution is 2.31. The van der Waals surface area contributed by atoms with Gasteiger partial charge in [-0.05, 0) is 18.9 Å². The van der Waals surface area contributed by atoms with Crippen LogP contribution in [0.25, 0.3) is 0 Å². The zero-order valence-corrected chi connectivity index (χ0v) is 9.57. The number of sulfonamides is 1.